The lowest BCUT2D eigenvalue weighted by molar-refractivity contribution is -0.186. The summed E-state index contributed by atoms with van der Waals surface area (Å²) in [6, 6.07) is 13.4. The molecule has 184 valence electrons. The lowest BCUT2D eigenvalue weighted by Crippen LogP contribution is -2.56. The third kappa shape index (κ3) is 6.30. The molecule has 0 aliphatic carbocycles. The summed E-state index contributed by atoms with van der Waals surface area (Å²) in [6.07, 6.45) is -1.36. The largest absolute Gasteiger partial charge is 0.465 e. The first-order chi connectivity index (χ1) is 16.2. The highest BCUT2D eigenvalue weighted by atomic mass is 35.5. The molecule has 1 amide bonds. The van der Waals surface area contributed by atoms with E-state index in [9.17, 15) is 14.7 Å². The Morgan fingerprint density at radius 2 is 1.82 bits per heavy atom. The van der Waals surface area contributed by atoms with Gasteiger partial charge in [-0.1, -0.05) is 68.2 Å². The number of aliphatic hydroxyl groups excluding tert-OH is 1. The van der Waals surface area contributed by atoms with Crippen LogP contribution in [0.3, 0.4) is 0 Å². The van der Waals surface area contributed by atoms with Crippen molar-refractivity contribution in [3.05, 3.63) is 69.7 Å². The molecule has 0 aromatic heterocycles. The van der Waals surface area contributed by atoms with Crippen LogP contribution in [0.15, 0.2) is 48.5 Å². The highest BCUT2D eigenvalue weighted by molar-refractivity contribution is 6.30. The lowest BCUT2D eigenvalue weighted by Gasteiger charge is -2.47. The van der Waals surface area contributed by atoms with Crippen molar-refractivity contribution in [1.29, 1.82) is 0 Å². The van der Waals surface area contributed by atoms with Crippen molar-refractivity contribution in [1.82, 2.24) is 4.90 Å². The second-order valence-electron chi connectivity index (χ2n) is 8.87. The SMILES string of the molecule is CCC(CO)N1C(=O)[C@@H](CC(=O)OCC(C)C)OC(c2cccc(Cl)c2)C1c1ccc(Cl)cc1. The number of halogens is 2. The maximum absolute atomic E-state index is 13.7. The predicted octanol–water partition coefficient (Wildman–Crippen LogP) is 5.36. The van der Waals surface area contributed by atoms with Crippen molar-refractivity contribution in [2.45, 2.75) is 57.9 Å². The monoisotopic (exact) mass is 507 g/mol. The van der Waals surface area contributed by atoms with Crippen LogP contribution >= 0.6 is 23.2 Å². The number of carbonyl (C=O) groups is 2. The summed E-state index contributed by atoms with van der Waals surface area (Å²) in [6.45, 7) is 5.83. The maximum Gasteiger partial charge on any atom is 0.308 e. The second-order valence-corrected chi connectivity index (χ2v) is 9.74. The number of hydrogen-bond donors (Lipinski definition) is 1. The van der Waals surface area contributed by atoms with Gasteiger partial charge in [-0.15, -0.1) is 0 Å². The summed E-state index contributed by atoms with van der Waals surface area (Å²) < 4.78 is 11.6. The van der Waals surface area contributed by atoms with Crippen LogP contribution in [0.25, 0.3) is 0 Å². The van der Waals surface area contributed by atoms with Crippen LogP contribution in [-0.4, -0.2) is 47.2 Å². The number of ether oxygens (including phenoxy) is 2. The molecule has 0 spiro atoms. The van der Waals surface area contributed by atoms with E-state index < -0.39 is 30.3 Å². The van der Waals surface area contributed by atoms with E-state index >= 15 is 0 Å². The Morgan fingerprint density at radius 1 is 1.12 bits per heavy atom. The fourth-order valence-electron chi connectivity index (χ4n) is 4.12. The summed E-state index contributed by atoms with van der Waals surface area (Å²) in [5, 5.41) is 11.2. The molecule has 2 aromatic carbocycles. The molecule has 0 radical (unpaired) electrons. The molecule has 1 heterocycles. The van der Waals surface area contributed by atoms with E-state index in [0.717, 1.165) is 11.1 Å². The van der Waals surface area contributed by atoms with Gasteiger partial charge in [-0.05, 0) is 47.7 Å². The lowest BCUT2D eigenvalue weighted by atomic mass is 9.89. The second kappa shape index (κ2) is 12.0. The molecular weight excluding hydrogens is 477 g/mol. The third-order valence-corrected chi connectivity index (χ3v) is 6.31. The molecule has 0 saturated carbocycles. The number of benzene rings is 2. The molecule has 4 atom stereocenters. The average Bonchev–Trinajstić information content (AvgIpc) is 2.81. The first-order valence-electron chi connectivity index (χ1n) is 11.5. The molecule has 2 aromatic rings. The molecule has 1 aliphatic rings. The summed E-state index contributed by atoms with van der Waals surface area (Å²) in [4.78, 5) is 27.8. The van der Waals surface area contributed by atoms with Crippen LogP contribution in [0.4, 0.5) is 0 Å². The maximum atomic E-state index is 13.7. The Kier molecular flexibility index (Phi) is 9.37. The topological polar surface area (TPSA) is 76.1 Å². The van der Waals surface area contributed by atoms with Gasteiger partial charge in [0.25, 0.3) is 5.91 Å². The minimum absolute atomic E-state index is 0.177. The zero-order valence-electron chi connectivity index (χ0n) is 19.6. The van der Waals surface area contributed by atoms with Crippen LogP contribution in [-0.2, 0) is 19.1 Å². The molecule has 34 heavy (non-hydrogen) atoms. The molecule has 0 bridgehead atoms. The molecule has 1 aliphatic heterocycles. The van der Waals surface area contributed by atoms with Crippen LogP contribution in [0.1, 0.15) is 56.9 Å². The van der Waals surface area contributed by atoms with Gasteiger partial charge in [-0.25, -0.2) is 0 Å². The van der Waals surface area contributed by atoms with Crippen molar-refractivity contribution < 1.29 is 24.2 Å². The highest BCUT2D eigenvalue weighted by Crippen LogP contribution is 2.44. The van der Waals surface area contributed by atoms with E-state index in [4.69, 9.17) is 32.7 Å². The molecular formula is C26H31Cl2NO5. The van der Waals surface area contributed by atoms with Crippen molar-refractivity contribution in [3.63, 3.8) is 0 Å². The van der Waals surface area contributed by atoms with Crippen molar-refractivity contribution >= 4 is 35.1 Å². The number of carbonyl (C=O) groups excluding carboxylic acids is 2. The molecule has 6 nitrogen and oxygen atoms in total. The van der Waals surface area contributed by atoms with Crippen LogP contribution < -0.4 is 0 Å². The van der Waals surface area contributed by atoms with E-state index in [1.165, 1.54) is 0 Å². The molecule has 3 unspecified atom stereocenters. The third-order valence-electron chi connectivity index (χ3n) is 5.82. The number of aliphatic hydroxyl groups is 1. The zero-order valence-corrected chi connectivity index (χ0v) is 21.1. The average molecular weight is 508 g/mol. The molecule has 1 N–H and O–H groups in total. The van der Waals surface area contributed by atoms with Gasteiger partial charge in [-0.3, -0.25) is 9.59 Å². The highest BCUT2D eigenvalue weighted by Gasteiger charge is 2.47. The van der Waals surface area contributed by atoms with E-state index in [1.807, 2.05) is 45.0 Å². The Bertz CT molecular complexity index is 977. The fraction of sp³-hybridized carbons (Fsp3) is 0.462. The normalized spacial score (nSPS) is 21.6. The van der Waals surface area contributed by atoms with Gasteiger partial charge >= 0.3 is 5.97 Å². The zero-order chi connectivity index (χ0) is 24.8. The number of esters is 1. The minimum atomic E-state index is -1.05. The minimum Gasteiger partial charge on any atom is -0.465 e. The van der Waals surface area contributed by atoms with E-state index in [2.05, 4.69) is 0 Å². The van der Waals surface area contributed by atoms with Gasteiger partial charge in [0.15, 0.2) is 0 Å². The fourth-order valence-corrected chi connectivity index (χ4v) is 4.45. The molecule has 8 heteroatoms. The smallest absolute Gasteiger partial charge is 0.308 e. The van der Waals surface area contributed by atoms with Gasteiger partial charge in [0, 0.05) is 10.0 Å². The number of amides is 1. The molecule has 3 rings (SSSR count). The van der Waals surface area contributed by atoms with E-state index in [-0.39, 0.29) is 31.5 Å². The Hall–Kier alpha value is -2.12. The van der Waals surface area contributed by atoms with Gasteiger partial charge in [-0.2, -0.15) is 0 Å². The van der Waals surface area contributed by atoms with Gasteiger partial charge in [0.05, 0.1) is 31.7 Å². The summed E-state index contributed by atoms with van der Waals surface area (Å²) in [7, 11) is 0. The van der Waals surface area contributed by atoms with Gasteiger partial charge < -0.3 is 19.5 Å². The van der Waals surface area contributed by atoms with Gasteiger partial charge in [0.1, 0.15) is 12.2 Å². The van der Waals surface area contributed by atoms with Crippen LogP contribution in [0.2, 0.25) is 10.0 Å². The number of morpholine rings is 1. The summed E-state index contributed by atoms with van der Waals surface area (Å²) in [5.74, 6) is -0.685. The van der Waals surface area contributed by atoms with Crippen molar-refractivity contribution in [3.8, 4) is 0 Å². The predicted molar refractivity (Wildman–Crippen MR) is 132 cm³/mol. The molecule has 1 saturated heterocycles. The first-order valence-corrected chi connectivity index (χ1v) is 12.3. The quantitative estimate of drug-likeness (QED) is 0.462. The standard InChI is InChI=1S/C26H31Cl2NO5/c1-4-21(14-30)29-24(17-8-10-19(27)11-9-17)25(18-6-5-7-20(28)12-18)34-22(26(29)32)13-23(31)33-15-16(2)3/h5-12,16,21-22,24-25,30H,4,13-15H2,1-3H3/t21?,22-,24?,25?/m1/s1. The summed E-state index contributed by atoms with van der Waals surface area (Å²) in [5.41, 5.74) is 1.56. The summed E-state index contributed by atoms with van der Waals surface area (Å²) >= 11 is 12.4. The van der Waals surface area contributed by atoms with Crippen LogP contribution in [0, 0.1) is 5.92 Å². The number of nitrogens with zero attached hydrogens (tertiary/aromatic N) is 1. The van der Waals surface area contributed by atoms with Gasteiger partial charge in [0.2, 0.25) is 0 Å². The number of rotatable bonds is 9. The first kappa shape index (κ1) is 26.5. The van der Waals surface area contributed by atoms with Crippen molar-refractivity contribution in [2.75, 3.05) is 13.2 Å². The Morgan fingerprint density at radius 3 is 2.41 bits per heavy atom. The Balaban J connectivity index is 2.06. The van der Waals surface area contributed by atoms with Crippen LogP contribution in [0.5, 0.6) is 0 Å². The van der Waals surface area contributed by atoms with Crippen molar-refractivity contribution in [2.24, 2.45) is 5.92 Å². The van der Waals surface area contributed by atoms with E-state index in [1.54, 1.807) is 29.2 Å². The molecule has 1 fully saturated rings. The van der Waals surface area contributed by atoms with E-state index in [0.29, 0.717) is 16.5 Å². The number of hydrogen-bond acceptors (Lipinski definition) is 5. The Labute approximate surface area is 210 Å².